The van der Waals surface area contributed by atoms with E-state index in [9.17, 15) is 0 Å². The third-order valence-corrected chi connectivity index (χ3v) is 3.13. The predicted octanol–water partition coefficient (Wildman–Crippen LogP) is 0.622. The highest BCUT2D eigenvalue weighted by atomic mass is 16.5. The number of hydrogen-bond acceptors (Lipinski definition) is 4. The fourth-order valence-corrected chi connectivity index (χ4v) is 2.40. The van der Waals surface area contributed by atoms with Crippen LogP contribution in [-0.4, -0.2) is 32.5 Å². The van der Waals surface area contributed by atoms with Crippen molar-refractivity contribution >= 4 is 17.1 Å². The van der Waals surface area contributed by atoms with E-state index in [1.807, 2.05) is 23.2 Å². The number of nitrogens with two attached hydrogens (primary N) is 1. The van der Waals surface area contributed by atoms with Crippen LogP contribution in [0.4, 0.5) is 5.95 Å². The van der Waals surface area contributed by atoms with Gasteiger partial charge in [0.25, 0.3) is 0 Å². The van der Waals surface area contributed by atoms with Gasteiger partial charge < -0.3 is 10.5 Å². The van der Waals surface area contributed by atoms with Crippen molar-refractivity contribution in [3.8, 4) is 0 Å². The Morgan fingerprint density at radius 3 is 3.00 bits per heavy atom. The Labute approximate surface area is 93.0 Å². The molecule has 0 bridgehead atoms. The third kappa shape index (κ3) is 1.16. The van der Waals surface area contributed by atoms with Crippen LogP contribution in [0.1, 0.15) is 18.2 Å². The van der Waals surface area contributed by atoms with Gasteiger partial charge in [0.2, 0.25) is 5.95 Å². The molecule has 1 aliphatic rings. The van der Waals surface area contributed by atoms with Gasteiger partial charge in [0.1, 0.15) is 5.52 Å². The summed E-state index contributed by atoms with van der Waals surface area (Å²) in [6.07, 6.45) is 0.986. The molecule has 1 atom stereocenters. The minimum absolute atomic E-state index is 0.291. The Kier molecular flexibility index (Phi) is 1.94. The van der Waals surface area contributed by atoms with Gasteiger partial charge in [-0.05, 0) is 13.3 Å². The van der Waals surface area contributed by atoms with Crippen LogP contribution in [-0.2, 0) is 11.8 Å². The van der Waals surface area contributed by atoms with Crippen molar-refractivity contribution in [2.24, 2.45) is 7.05 Å². The zero-order chi connectivity index (χ0) is 11.3. The highest BCUT2D eigenvalue weighted by Gasteiger charge is 2.25. The molecule has 2 aromatic heterocycles. The lowest BCUT2D eigenvalue weighted by Crippen LogP contribution is -2.13. The predicted molar refractivity (Wildman–Crippen MR) is 60.1 cm³/mol. The zero-order valence-corrected chi connectivity index (χ0v) is 9.47. The van der Waals surface area contributed by atoms with Crippen molar-refractivity contribution in [1.82, 2.24) is 19.3 Å². The Balaban J connectivity index is 2.25. The summed E-state index contributed by atoms with van der Waals surface area (Å²) in [5.74, 6) is 0.557. The van der Waals surface area contributed by atoms with Gasteiger partial charge in [0, 0.05) is 13.7 Å². The fourth-order valence-electron chi connectivity index (χ4n) is 2.40. The largest absolute Gasteiger partial charge is 0.379 e. The molecule has 0 aliphatic carbocycles. The number of ether oxygens (including phenoxy) is 1. The van der Waals surface area contributed by atoms with Gasteiger partial charge >= 0.3 is 0 Å². The number of nitrogen functional groups attached to an aromatic ring is 1. The van der Waals surface area contributed by atoms with E-state index in [1.54, 1.807) is 0 Å². The van der Waals surface area contributed by atoms with Crippen molar-refractivity contribution < 1.29 is 4.74 Å². The van der Waals surface area contributed by atoms with Gasteiger partial charge in [0.05, 0.1) is 18.3 Å². The highest BCUT2D eigenvalue weighted by Crippen LogP contribution is 2.28. The summed E-state index contributed by atoms with van der Waals surface area (Å²) in [7, 11) is 1.92. The third-order valence-electron chi connectivity index (χ3n) is 3.13. The van der Waals surface area contributed by atoms with E-state index in [4.69, 9.17) is 10.5 Å². The number of anilines is 1. The van der Waals surface area contributed by atoms with Crippen LogP contribution in [0.5, 0.6) is 0 Å². The van der Waals surface area contributed by atoms with E-state index < -0.39 is 0 Å². The zero-order valence-electron chi connectivity index (χ0n) is 9.47. The second kappa shape index (κ2) is 3.21. The van der Waals surface area contributed by atoms with E-state index >= 15 is 0 Å². The maximum Gasteiger partial charge on any atom is 0.202 e. The van der Waals surface area contributed by atoms with Crippen molar-refractivity contribution in [3.05, 3.63) is 5.69 Å². The molecule has 86 valence electrons. The van der Waals surface area contributed by atoms with Crippen molar-refractivity contribution in [3.63, 3.8) is 0 Å². The average Bonchev–Trinajstić information content (AvgIpc) is 2.87. The number of fused-ring (bicyclic) bond motifs is 1. The second-order valence-corrected chi connectivity index (χ2v) is 4.24. The number of rotatable bonds is 1. The first-order valence-corrected chi connectivity index (χ1v) is 5.43. The summed E-state index contributed by atoms with van der Waals surface area (Å²) in [5.41, 5.74) is 8.78. The van der Waals surface area contributed by atoms with Crippen LogP contribution in [0.3, 0.4) is 0 Å². The topological polar surface area (TPSA) is 70.9 Å². The molecular weight excluding hydrogens is 206 g/mol. The van der Waals surface area contributed by atoms with E-state index in [-0.39, 0.29) is 0 Å². The maximum absolute atomic E-state index is 5.97. The summed E-state index contributed by atoms with van der Waals surface area (Å²) in [4.78, 5) is 4.38. The first-order chi connectivity index (χ1) is 7.68. The standard InChI is InChI=1S/C10H15N5O/c1-6-8-9(14(2)13-6)15(10(11)12-8)7-3-4-16-5-7/h7H,3-5H2,1-2H3,(H2,11,12). The van der Waals surface area contributed by atoms with Crippen LogP contribution < -0.4 is 5.73 Å². The molecule has 16 heavy (non-hydrogen) atoms. The second-order valence-electron chi connectivity index (χ2n) is 4.24. The number of imidazole rings is 1. The van der Waals surface area contributed by atoms with Gasteiger partial charge in [0.15, 0.2) is 5.65 Å². The van der Waals surface area contributed by atoms with Crippen LogP contribution in [0.25, 0.3) is 11.2 Å². The number of aromatic nitrogens is 4. The molecule has 1 unspecified atom stereocenters. The van der Waals surface area contributed by atoms with Crippen LogP contribution in [0, 0.1) is 6.92 Å². The highest BCUT2D eigenvalue weighted by molar-refractivity contribution is 5.77. The lowest BCUT2D eigenvalue weighted by molar-refractivity contribution is 0.187. The molecule has 6 heteroatoms. The lowest BCUT2D eigenvalue weighted by atomic mass is 10.2. The maximum atomic E-state index is 5.97. The van der Waals surface area contributed by atoms with Crippen molar-refractivity contribution in [2.45, 2.75) is 19.4 Å². The lowest BCUT2D eigenvalue weighted by Gasteiger charge is -2.12. The SMILES string of the molecule is Cc1nn(C)c2c1nc(N)n2C1CCOC1. The monoisotopic (exact) mass is 221 g/mol. The molecule has 2 aromatic rings. The normalized spacial score (nSPS) is 21.0. The number of aryl methyl sites for hydroxylation is 2. The quantitative estimate of drug-likeness (QED) is 0.766. The minimum Gasteiger partial charge on any atom is -0.379 e. The average molecular weight is 221 g/mol. The van der Waals surface area contributed by atoms with E-state index in [2.05, 4.69) is 10.1 Å². The molecule has 2 N–H and O–H groups in total. The molecule has 0 radical (unpaired) electrons. The van der Waals surface area contributed by atoms with E-state index in [1.165, 1.54) is 0 Å². The van der Waals surface area contributed by atoms with Crippen LogP contribution in [0.15, 0.2) is 0 Å². The summed E-state index contributed by atoms with van der Waals surface area (Å²) in [5, 5.41) is 4.36. The first-order valence-electron chi connectivity index (χ1n) is 5.43. The Bertz CT molecular complexity index is 535. The minimum atomic E-state index is 0.291. The first kappa shape index (κ1) is 9.65. The Morgan fingerprint density at radius 2 is 2.31 bits per heavy atom. The van der Waals surface area contributed by atoms with E-state index in [0.29, 0.717) is 18.6 Å². The number of nitrogens with zero attached hydrogens (tertiary/aromatic N) is 4. The molecule has 3 rings (SSSR count). The molecule has 0 saturated carbocycles. The number of hydrogen-bond donors (Lipinski definition) is 1. The fraction of sp³-hybridized carbons (Fsp3) is 0.600. The molecule has 0 spiro atoms. The molecule has 1 saturated heterocycles. The Hall–Kier alpha value is -1.56. The van der Waals surface area contributed by atoms with Crippen LogP contribution in [0.2, 0.25) is 0 Å². The summed E-state index contributed by atoms with van der Waals surface area (Å²) in [6.45, 7) is 3.45. The van der Waals surface area contributed by atoms with Gasteiger partial charge in [-0.25, -0.2) is 4.98 Å². The summed E-state index contributed by atoms with van der Waals surface area (Å²) in [6, 6.07) is 0.291. The molecule has 6 nitrogen and oxygen atoms in total. The smallest absolute Gasteiger partial charge is 0.202 e. The Morgan fingerprint density at radius 1 is 1.50 bits per heavy atom. The van der Waals surface area contributed by atoms with Gasteiger partial charge in [-0.3, -0.25) is 9.25 Å². The van der Waals surface area contributed by atoms with Crippen molar-refractivity contribution in [1.29, 1.82) is 0 Å². The molecule has 1 aliphatic heterocycles. The summed E-state index contributed by atoms with van der Waals surface area (Å²) < 4.78 is 9.28. The van der Waals surface area contributed by atoms with Gasteiger partial charge in [-0.15, -0.1) is 0 Å². The molecule has 0 aromatic carbocycles. The van der Waals surface area contributed by atoms with Crippen molar-refractivity contribution in [2.75, 3.05) is 18.9 Å². The molecular formula is C10H15N5O. The molecule has 1 fully saturated rings. The van der Waals surface area contributed by atoms with E-state index in [0.717, 1.165) is 29.9 Å². The van der Waals surface area contributed by atoms with Gasteiger partial charge in [-0.1, -0.05) is 0 Å². The van der Waals surface area contributed by atoms with Crippen LogP contribution >= 0.6 is 0 Å². The summed E-state index contributed by atoms with van der Waals surface area (Å²) >= 11 is 0. The van der Waals surface area contributed by atoms with Gasteiger partial charge in [-0.2, -0.15) is 5.10 Å². The molecule has 0 amide bonds. The molecule has 3 heterocycles.